The van der Waals surface area contributed by atoms with E-state index < -0.39 is 12.1 Å². The van der Waals surface area contributed by atoms with Crippen molar-refractivity contribution >= 4 is 11.9 Å². The molecule has 2 N–H and O–H groups in total. The van der Waals surface area contributed by atoms with Crippen LogP contribution < -0.4 is 5.32 Å². The van der Waals surface area contributed by atoms with Crippen molar-refractivity contribution in [3.05, 3.63) is 53.6 Å². The van der Waals surface area contributed by atoms with Gasteiger partial charge in [-0.15, -0.1) is 0 Å². The van der Waals surface area contributed by atoms with E-state index in [1.165, 1.54) is 5.56 Å². The number of hydrogen-bond donors (Lipinski definition) is 2. The lowest BCUT2D eigenvalue weighted by molar-refractivity contribution is -0.192. The van der Waals surface area contributed by atoms with Gasteiger partial charge in [0.2, 0.25) is 5.91 Å². The molecule has 33 heavy (non-hydrogen) atoms. The second-order valence-electron chi connectivity index (χ2n) is 7.69. The van der Waals surface area contributed by atoms with E-state index in [0.717, 1.165) is 24.4 Å². The number of amides is 1. The summed E-state index contributed by atoms with van der Waals surface area (Å²) in [7, 11) is 0. The third-order valence-corrected chi connectivity index (χ3v) is 4.98. The molecule has 1 unspecified atom stereocenters. The Kier molecular flexibility index (Phi) is 8.99. The van der Waals surface area contributed by atoms with Crippen LogP contribution in [0.25, 0.3) is 0 Å². The predicted octanol–water partition coefficient (Wildman–Crippen LogP) is 3.23. The molecule has 1 aromatic heterocycles. The van der Waals surface area contributed by atoms with Crippen molar-refractivity contribution in [1.29, 1.82) is 5.26 Å². The fourth-order valence-corrected chi connectivity index (χ4v) is 3.48. The molecule has 1 amide bonds. The molecule has 0 aliphatic carbocycles. The minimum Gasteiger partial charge on any atom is -0.475 e. The van der Waals surface area contributed by atoms with Gasteiger partial charge >= 0.3 is 12.1 Å². The summed E-state index contributed by atoms with van der Waals surface area (Å²) in [5.74, 6) is -2.81. The summed E-state index contributed by atoms with van der Waals surface area (Å²) in [5.41, 5.74) is 3.17. The van der Waals surface area contributed by atoms with E-state index in [1.54, 1.807) is 0 Å². The lowest BCUT2D eigenvalue weighted by Gasteiger charge is -2.35. The molecule has 3 rings (SSSR count). The van der Waals surface area contributed by atoms with Crippen LogP contribution in [0.5, 0.6) is 0 Å². The molecule has 0 fully saturated rings. The number of carboxylic acid groups (broad SMARTS) is 1. The Balaban J connectivity index is 0.000000479. The summed E-state index contributed by atoms with van der Waals surface area (Å²) < 4.78 is 33.8. The number of carbonyl (C=O) groups is 2. The first kappa shape index (κ1) is 25.9. The van der Waals surface area contributed by atoms with Crippen LogP contribution in [-0.2, 0) is 22.6 Å². The van der Waals surface area contributed by atoms with Gasteiger partial charge in [0.15, 0.2) is 0 Å². The fraction of sp³-hybridized carbons (Fsp3) is 0.455. The monoisotopic (exact) mass is 465 g/mol. The maximum atomic E-state index is 13.0. The minimum atomic E-state index is -5.08. The number of nitriles is 1. The lowest BCUT2D eigenvalue weighted by atomic mass is 10.00. The van der Waals surface area contributed by atoms with Crippen LogP contribution in [0.1, 0.15) is 49.3 Å². The minimum absolute atomic E-state index is 0.0560. The maximum absolute atomic E-state index is 13.0. The third-order valence-electron chi connectivity index (χ3n) is 4.98. The molecule has 1 aliphatic rings. The molecule has 1 aliphatic heterocycles. The van der Waals surface area contributed by atoms with Gasteiger partial charge in [-0.2, -0.15) is 18.4 Å². The zero-order valence-electron chi connectivity index (χ0n) is 18.3. The number of aliphatic carboxylic acids is 1. The number of fused-ring (bicyclic) bond motifs is 1. The van der Waals surface area contributed by atoms with E-state index in [9.17, 15) is 18.0 Å². The summed E-state index contributed by atoms with van der Waals surface area (Å²) in [6.07, 6.45) is -2.09. The molecule has 0 radical (unpaired) electrons. The summed E-state index contributed by atoms with van der Waals surface area (Å²) >= 11 is 0. The van der Waals surface area contributed by atoms with Gasteiger partial charge in [-0.3, -0.25) is 9.69 Å². The molecule has 0 saturated heterocycles. The van der Waals surface area contributed by atoms with Crippen molar-refractivity contribution in [3.8, 4) is 6.07 Å². The number of carbonyl (C=O) groups excluding carboxylic acids is 1. The summed E-state index contributed by atoms with van der Waals surface area (Å²) in [5, 5.41) is 18.8. The van der Waals surface area contributed by atoms with Gasteiger partial charge in [-0.25, -0.2) is 9.78 Å². The first-order valence-corrected chi connectivity index (χ1v) is 10.3. The van der Waals surface area contributed by atoms with Crippen molar-refractivity contribution in [3.63, 3.8) is 0 Å². The molecule has 0 bridgehead atoms. The number of nitrogens with zero attached hydrogens (tertiary/aromatic N) is 4. The number of aromatic nitrogens is 2. The average Bonchev–Trinajstić information content (AvgIpc) is 3.18. The molecular formula is C22H26F3N5O3. The van der Waals surface area contributed by atoms with E-state index in [2.05, 4.69) is 51.8 Å². The molecule has 2 aromatic rings. The molecule has 1 atom stereocenters. The summed E-state index contributed by atoms with van der Waals surface area (Å²) in [4.78, 5) is 28.7. The molecule has 178 valence electrons. The highest BCUT2D eigenvalue weighted by atomic mass is 19.4. The van der Waals surface area contributed by atoms with Gasteiger partial charge < -0.3 is 15.0 Å². The molecule has 1 aromatic carbocycles. The third kappa shape index (κ3) is 7.05. The van der Waals surface area contributed by atoms with E-state index in [0.29, 0.717) is 19.5 Å². The van der Waals surface area contributed by atoms with Gasteiger partial charge in [-0.1, -0.05) is 30.3 Å². The van der Waals surface area contributed by atoms with Crippen molar-refractivity contribution in [2.45, 2.75) is 51.5 Å². The predicted molar refractivity (Wildman–Crippen MR) is 113 cm³/mol. The van der Waals surface area contributed by atoms with Gasteiger partial charge in [0.05, 0.1) is 30.2 Å². The largest absolute Gasteiger partial charge is 0.490 e. The number of halogens is 3. The van der Waals surface area contributed by atoms with Crippen molar-refractivity contribution < 1.29 is 27.9 Å². The van der Waals surface area contributed by atoms with Gasteiger partial charge in [0.1, 0.15) is 6.04 Å². The van der Waals surface area contributed by atoms with Crippen LogP contribution in [0, 0.1) is 11.3 Å². The van der Waals surface area contributed by atoms with Crippen LogP contribution in [-0.4, -0.2) is 50.7 Å². The molecule has 0 saturated carbocycles. The van der Waals surface area contributed by atoms with Crippen molar-refractivity contribution in [1.82, 2.24) is 19.8 Å². The number of rotatable bonds is 6. The second-order valence-corrected chi connectivity index (χ2v) is 7.69. The highest BCUT2D eigenvalue weighted by Crippen LogP contribution is 2.32. The fourth-order valence-electron chi connectivity index (χ4n) is 3.48. The van der Waals surface area contributed by atoms with E-state index in [-0.39, 0.29) is 18.0 Å². The van der Waals surface area contributed by atoms with Gasteiger partial charge in [0.25, 0.3) is 0 Å². The SMILES string of the molecule is CC(C)n1cnc2c1C(C(=O)NCCC#N)N(Cc1ccccc1)CC2.O=C(O)C(F)(F)F. The Morgan fingerprint density at radius 3 is 2.48 bits per heavy atom. The van der Waals surface area contributed by atoms with Crippen LogP contribution in [0.15, 0.2) is 36.7 Å². The number of hydrogen-bond acceptors (Lipinski definition) is 5. The Morgan fingerprint density at radius 1 is 1.30 bits per heavy atom. The second kappa shape index (κ2) is 11.5. The normalized spacial score (nSPS) is 15.7. The zero-order valence-corrected chi connectivity index (χ0v) is 18.3. The molecular weight excluding hydrogens is 439 g/mol. The number of nitrogens with one attached hydrogen (secondary N) is 1. The first-order chi connectivity index (χ1) is 15.6. The number of imidazole rings is 1. The highest BCUT2D eigenvalue weighted by Gasteiger charge is 2.38. The van der Waals surface area contributed by atoms with Gasteiger partial charge in [0, 0.05) is 32.1 Å². The van der Waals surface area contributed by atoms with Gasteiger partial charge in [-0.05, 0) is 19.4 Å². The Labute approximate surface area is 189 Å². The van der Waals surface area contributed by atoms with Crippen LogP contribution in [0.4, 0.5) is 13.2 Å². The highest BCUT2D eigenvalue weighted by molar-refractivity contribution is 5.83. The number of alkyl halides is 3. The lowest BCUT2D eigenvalue weighted by Crippen LogP contribution is -2.45. The van der Waals surface area contributed by atoms with Crippen molar-refractivity contribution in [2.75, 3.05) is 13.1 Å². The van der Waals surface area contributed by atoms with E-state index in [1.807, 2.05) is 24.5 Å². The van der Waals surface area contributed by atoms with E-state index >= 15 is 0 Å². The molecule has 2 heterocycles. The van der Waals surface area contributed by atoms with Crippen LogP contribution in [0.2, 0.25) is 0 Å². The van der Waals surface area contributed by atoms with Crippen LogP contribution in [0.3, 0.4) is 0 Å². The van der Waals surface area contributed by atoms with Crippen LogP contribution >= 0.6 is 0 Å². The molecule has 8 nitrogen and oxygen atoms in total. The molecule has 11 heteroatoms. The number of carboxylic acids is 1. The standard InChI is InChI=1S/C20H25N5O.C2HF3O2/c1-15(2)25-14-23-17-9-12-24(13-16-7-4-3-5-8-16)19(18(17)25)20(26)22-11-6-10-21;3-2(4,5)1(6)7/h3-5,7-8,14-15,19H,6,9,11-13H2,1-2H3,(H,22,26);(H,6,7). The summed E-state index contributed by atoms with van der Waals surface area (Å²) in [6, 6.07) is 12.1. The molecule has 0 spiro atoms. The first-order valence-electron chi connectivity index (χ1n) is 10.3. The Bertz CT molecular complexity index is 983. The maximum Gasteiger partial charge on any atom is 0.490 e. The topological polar surface area (TPSA) is 111 Å². The number of benzene rings is 1. The van der Waals surface area contributed by atoms with Crippen molar-refractivity contribution in [2.24, 2.45) is 0 Å². The summed E-state index contributed by atoms with van der Waals surface area (Å²) in [6.45, 7) is 6.06. The van der Waals surface area contributed by atoms with E-state index in [4.69, 9.17) is 15.2 Å². The Morgan fingerprint density at radius 2 is 1.94 bits per heavy atom. The average molecular weight is 465 g/mol. The smallest absolute Gasteiger partial charge is 0.475 e. The quantitative estimate of drug-likeness (QED) is 0.634. The zero-order chi connectivity index (χ0) is 24.6. The Hall–Kier alpha value is -3.39.